The fourth-order valence-electron chi connectivity index (χ4n) is 2.44. The highest BCUT2D eigenvalue weighted by Gasteiger charge is 2.20. The monoisotopic (exact) mass is 294 g/mol. The van der Waals surface area contributed by atoms with Gasteiger partial charge in [-0.2, -0.15) is 0 Å². The maximum atomic E-state index is 11.9. The summed E-state index contributed by atoms with van der Waals surface area (Å²) in [6.45, 7) is 4.26. The highest BCUT2D eigenvalue weighted by atomic mass is 16.3. The standard InChI is InChI=1S/C14H22N4O3/c1-16-4-2-3-12(16)14(21)15-13(20)11-18-7-5-17(6-8-18)9-10-19/h2-4,19H,5-11H2,1H3,(H,15,20,21). The van der Waals surface area contributed by atoms with Crippen LogP contribution in [-0.4, -0.2) is 77.2 Å². The molecule has 0 saturated carbocycles. The van der Waals surface area contributed by atoms with Gasteiger partial charge in [-0.15, -0.1) is 0 Å². The van der Waals surface area contributed by atoms with E-state index in [1.165, 1.54) is 0 Å². The molecule has 21 heavy (non-hydrogen) atoms. The molecule has 0 atom stereocenters. The van der Waals surface area contributed by atoms with Crippen molar-refractivity contribution >= 4 is 11.8 Å². The van der Waals surface area contributed by atoms with Gasteiger partial charge in [0.05, 0.1) is 13.2 Å². The van der Waals surface area contributed by atoms with Crippen LogP contribution >= 0.6 is 0 Å². The molecule has 7 heteroatoms. The smallest absolute Gasteiger partial charge is 0.274 e. The average molecular weight is 294 g/mol. The van der Waals surface area contributed by atoms with Crippen LogP contribution in [0.5, 0.6) is 0 Å². The van der Waals surface area contributed by atoms with E-state index in [4.69, 9.17) is 5.11 Å². The highest BCUT2D eigenvalue weighted by molar-refractivity contribution is 6.04. The molecule has 1 fully saturated rings. The first-order chi connectivity index (χ1) is 10.1. The lowest BCUT2D eigenvalue weighted by atomic mass is 10.3. The van der Waals surface area contributed by atoms with Crippen LogP contribution in [0.25, 0.3) is 0 Å². The van der Waals surface area contributed by atoms with Crippen LogP contribution in [0.3, 0.4) is 0 Å². The first-order valence-corrected chi connectivity index (χ1v) is 7.11. The number of hydrogen-bond donors (Lipinski definition) is 2. The Balaban J connectivity index is 1.75. The fourth-order valence-corrected chi connectivity index (χ4v) is 2.44. The topological polar surface area (TPSA) is 77.8 Å². The summed E-state index contributed by atoms with van der Waals surface area (Å²) in [5, 5.41) is 11.3. The summed E-state index contributed by atoms with van der Waals surface area (Å²) in [6.07, 6.45) is 1.76. The van der Waals surface area contributed by atoms with Crippen molar-refractivity contribution in [3.05, 3.63) is 24.0 Å². The zero-order chi connectivity index (χ0) is 15.2. The van der Waals surface area contributed by atoms with E-state index >= 15 is 0 Å². The maximum Gasteiger partial charge on any atom is 0.274 e. The second kappa shape index (κ2) is 7.35. The molecule has 0 bridgehead atoms. The van der Waals surface area contributed by atoms with Crippen molar-refractivity contribution in [2.45, 2.75) is 0 Å². The molecule has 0 spiro atoms. The van der Waals surface area contributed by atoms with E-state index in [1.54, 1.807) is 29.9 Å². The van der Waals surface area contributed by atoms with Gasteiger partial charge in [0.25, 0.3) is 5.91 Å². The van der Waals surface area contributed by atoms with Crippen molar-refractivity contribution < 1.29 is 14.7 Å². The van der Waals surface area contributed by atoms with E-state index in [9.17, 15) is 9.59 Å². The average Bonchev–Trinajstić information content (AvgIpc) is 2.87. The number of β-amino-alcohol motifs (C(OH)–C–C–N with tert-alkyl or cyclic N) is 1. The number of nitrogens with zero attached hydrogens (tertiary/aromatic N) is 3. The Bertz CT molecular complexity index is 492. The Morgan fingerprint density at radius 1 is 1.24 bits per heavy atom. The van der Waals surface area contributed by atoms with Crippen molar-refractivity contribution in [2.75, 3.05) is 45.9 Å². The number of aliphatic hydroxyl groups excluding tert-OH is 1. The van der Waals surface area contributed by atoms with Gasteiger partial charge in [-0.05, 0) is 12.1 Å². The Kier molecular flexibility index (Phi) is 5.49. The molecular weight excluding hydrogens is 272 g/mol. The summed E-state index contributed by atoms with van der Waals surface area (Å²) in [4.78, 5) is 28.0. The van der Waals surface area contributed by atoms with Gasteiger partial charge in [-0.3, -0.25) is 24.7 Å². The van der Waals surface area contributed by atoms with Gasteiger partial charge >= 0.3 is 0 Å². The van der Waals surface area contributed by atoms with Crippen LogP contribution in [0.4, 0.5) is 0 Å². The van der Waals surface area contributed by atoms with Crippen LogP contribution in [0, 0.1) is 0 Å². The second-order valence-corrected chi connectivity index (χ2v) is 5.22. The lowest BCUT2D eigenvalue weighted by molar-refractivity contribution is -0.121. The molecule has 1 aromatic rings. The van der Waals surface area contributed by atoms with Crippen molar-refractivity contribution in [3.8, 4) is 0 Å². The SMILES string of the molecule is Cn1cccc1C(=O)NC(=O)CN1CCN(CCO)CC1. The van der Waals surface area contributed by atoms with Gasteiger partial charge in [0.1, 0.15) is 5.69 Å². The summed E-state index contributed by atoms with van der Waals surface area (Å²) in [6, 6.07) is 3.44. The van der Waals surface area contributed by atoms with Crippen LogP contribution in [0.15, 0.2) is 18.3 Å². The molecule has 0 aliphatic carbocycles. The molecule has 2 amide bonds. The van der Waals surface area contributed by atoms with Crippen molar-refractivity contribution in [2.24, 2.45) is 7.05 Å². The van der Waals surface area contributed by atoms with E-state index < -0.39 is 0 Å². The molecule has 2 rings (SSSR count). The number of piperazine rings is 1. The zero-order valence-electron chi connectivity index (χ0n) is 12.3. The quantitative estimate of drug-likeness (QED) is 0.720. The third kappa shape index (κ3) is 4.38. The molecule has 1 aliphatic rings. The number of aliphatic hydroxyl groups is 1. The number of nitrogens with one attached hydrogen (secondary N) is 1. The first-order valence-electron chi connectivity index (χ1n) is 7.11. The fraction of sp³-hybridized carbons (Fsp3) is 0.571. The largest absolute Gasteiger partial charge is 0.395 e. The second-order valence-electron chi connectivity index (χ2n) is 5.22. The lowest BCUT2D eigenvalue weighted by Crippen LogP contribution is -2.50. The first kappa shape index (κ1) is 15.7. The molecule has 0 aromatic carbocycles. The van der Waals surface area contributed by atoms with Crippen molar-refractivity contribution in [1.82, 2.24) is 19.7 Å². The number of hydrogen-bond acceptors (Lipinski definition) is 5. The summed E-state index contributed by atoms with van der Waals surface area (Å²) >= 11 is 0. The maximum absolute atomic E-state index is 11.9. The third-order valence-corrected chi connectivity index (χ3v) is 3.68. The normalized spacial score (nSPS) is 16.9. The molecule has 1 aliphatic heterocycles. The zero-order valence-corrected chi connectivity index (χ0v) is 12.3. The molecule has 0 radical (unpaired) electrons. The molecule has 0 unspecified atom stereocenters. The molecule has 1 aromatic heterocycles. The predicted octanol–water partition coefficient (Wildman–Crippen LogP) is -1.11. The predicted molar refractivity (Wildman–Crippen MR) is 77.9 cm³/mol. The Morgan fingerprint density at radius 2 is 1.90 bits per heavy atom. The highest BCUT2D eigenvalue weighted by Crippen LogP contribution is 2.02. The van der Waals surface area contributed by atoms with Gasteiger partial charge in [0.15, 0.2) is 0 Å². The minimum Gasteiger partial charge on any atom is -0.395 e. The Morgan fingerprint density at radius 3 is 2.48 bits per heavy atom. The molecule has 2 heterocycles. The number of carbonyl (C=O) groups excluding carboxylic acids is 2. The van der Waals surface area contributed by atoms with E-state index in [1.807, 2.05) is 4.90 Å². The summed E-state index contributed by atoms with van der Waals surface area (Å²) in [5.41, 5.74) is 0.469. The molecule has 116 valence electrons. The van der Waals surface area contributed by atoms with Crippen molar-refractivity contribution in [3.63, 3.8) is 0 Å². The number of carbonyl (C=O) groups is 2. The van der Waals surface area contributed by atoms with Gasteiger partial charge < -0.3 is 9.67 Å². The van der Waals surface area contributed by atoms with E-state index in [-0.39, 0.29) is 25.0 Å². The van der Waals surface area contributed by atoms with Crippen LogP contribution < -0.4 is 5.32 Å². The minimum atomic E-state index is -0.369. The van der Waals surface area contributed by atoms with E-state index in [0.29, 0.717) is 12.2 Å². The Labute approximate surface area is 124 Å². The third-order valence-electron chi connectivity index (χ3n) is 3.68. The van der Waals surface area contributed by atoms with Gasteiger partial charge in [0.2, 0.25) is 5.91 Å². The molecule has 1 saturated heterocycles. The van der Waals surface area contributed by atoms with E-state index in [2.05, 4.69) is 10.2 Å². The van der Waals surface area contributed by atoms with Crippen LogP contribution in [-0.2, 0) is 11.8 Å². The van der Waals surface area contributed by atoms with Crippen molar-refractivity contribution in [1.29, 1.82) is 0 Å². The molecular formula is C14H22N4O3. The van der Waals surface area contributed by atoms with Crippen LogP contribution in [0.2, 0.25) is 0 Å². The summed E-state index contributed by atoms with van der Waals surface area (Å²) in [5.74, 6) is -0.650. The van der Waals surface area contributed by atoms with Gasteiger partial charge in [-0.25, -0.2) is 0 Å². The minimum absolute atomic E-state index is 0.158. The summed E-state index contributed by atoms with van der Waals surface area (Å²) < 4.78 is 1.68. The number of aromatic nitrogens is 1. The number of imide groups is 1. The van der Waals surface area contributed by atoms with Crippen LogP contribution in [0.1, 0.15) is 10.5 Å². The number of aryl methyl sites for hydroxylation is 1. The lowest BCUT2D eigenvalue weighted by Gasteiger charge is -2.33. The number of amides is 2. The molecule has 2 N–H and O–H groups in total. The Hall–Kier alpha value is -1.70. The molecule has 7 nitrogen and oxygen atoms in total. The number of rotatable bonds is 5. The van der Waals surface area contributed by atoms with Gasteiger partial charge in [-0.1, -0.05) is 0 Å². The van der Waals surface area contributed by atoms with Gasteiger partial charge in [0, 0.05) is 46.0 Å². The summed E-state index contributed by atoms with van der Waals surface area (Å²) in [7, 11) is 1.76. The van der Waals surface area contributed by atoms with E-state index in [0.717, 1.165) is 26.2 Å².